The van der Waals surface area contributed by atoms with Crippen molar-refractivity contribution in [3.05, 3.63) is 40.9 Å². The molecule has 0 saturated heterocycles. The number of benzene rings is 1. The standard InChI is InChI=1S/C12H12F2N2S/c1-7(15)10-6-16-12(17-10)9-4-2-8(3-5-9)11(13)14/h2-7,11H,15H2,1H3. The molecule has 2 nitrogen and oxygen atoms in total. The van der Waals surface area contributed by atoms with Crippen molar-refractivity contribution in [2.24, 2.45) is 5.73 Å². The maximum absolute atomic E-state index is 12.4. The molecule has 0 saturated carbocycles. The molecule has 1 heterocycles. The van der Waals surface area contributed by atoms with E-state index >= 15 is 0 Å². The summed E-state index contributed by atoms with van der Waals surface area (Å²) in [6.07, 6.45) is -0.703. The summed E-state index contributed by atoms with van der Waals surface area (Å²) in [5.74, 6) is 0. The van der Waals surface area contributed by atoms with Gasteiger partial charge in [0.1, 0.15) is 5.01 Å². The minimum atomic E-state index is -2.43. The lowest BCUT2D eigenvalue weighted by atomic mass is 10.1. The first-order chi connectivity index (χ1) is 8.08. The Morgan fingerprint density at radius 1 is 1.24 bits per heavy atom. The fourth-order valence-corrected chi connectivity index (χ4v) is 2.28. The van der Waals surface area contributed by atoms with Crippen LogP contribution in [0.5, 0.6) is 0 Å². The largest absolute Gasteiger partial charge is 0.323 e. The lowest BCUT2D eigenvalue weighted by molar-refractivity contribution is 0.151. The number of rotatable bonds is 3. The van der Waals surface area contributed by atoms with E-state index in [4.69, 9.17) is 5.73 Å². The van der Waals surface area contributed by atoms with Crippen LogP contribution >= 0.6 is 11.3 Å². The highest BCUT2D eigenvalue weighted by molar-refractivity contribution is 7.15. The molecule has 0 aliphatic carbocycles. The van der Waals surface area contributed by atoms with Gasteiger partial charge in [-0.1, -0.05) is 24.3 Å². The van der Waals surface area contributed by atoms with E-state index in [0.717, 1.165) is 15.4 Å². The number of hydrogen-bond donors (Lipinski definition) is 1. The smallest absolute Gasteiger partial charge is 0.263 e. The van der Waals surface area contributed by atoms with Crippen LogP contribution in [0.15, 0.2) is 30.5 Å². The number of thiazole rings is 1. The topological polar surface area (TPSA) is 38.9 Å². The molecular formula is C12H12F2N2S. The first kappa shape index (κ1) is 12.1. The SMILES string of the molecule is CC(N)c1cnc(-c2ccc(C(F)F)cc2)s1. The zero-order valence-electron chi connectivity index (χ0n) is 9.23. The molecule has 1 aromatic carbocycles. The van der Waals surface area contributed by atoms with Crippen molar-refractivity contribution in [2.45, 2.75) is 19.4 Å². The quantitative estimate of drug-likeness (QED) is 0.905. The third-order valence-electron chi connectivity index (χ3n) is 2.38. The van der Waals surface area contributed by atoms with E-state index in [0.29, 0.717) is 0 Å². The number of hydrogen-bond acceptors (Lipinski definition) is 3. The molecule has 2 N–H and O–H groups in total. The van der Waals surface area contributed by atoms with Gasteiger partial charge in [0.25, 0.3) is 6.43 Å². The fourth-order valence-electron chi connectivity index (χ4n) is 1.40. The Bertz CT molecular complexity index is 491. The maximum atomic E-state index is 12.4. The van der Waals surface area contributed by atoms with Crippen LogP contribution in [0.2, 0.25) is 0 Å². The second-order valence-electron chi connectivity index (χ2n) is 3.78. The van der Waals surface area contributed by atoms with E-state index in [1.54, 1.807) is 18.3 Å². The van der Waals surface area contributed by atoms with Gasteiger partial charge in [0.2, 0.25) is 0 Å². The van der Waals surface area contributed by atoms with Gasteiger partial charge in [-0.25, -0.2) is 13.8 Å². The van der Waals surface area contributed by atoms with Crippen molar-refractivity contribution in [2.75, 3.05) is 0 Å². The monoisotopic (exact) mass is 254 g/mol. The van der Waals surface area contributed by atoms with Gasteiger partial charge in [0.15, 0.2) is 0 Å². The molecule has 2 aromatic rings. The number of halogens is 2. The Kier molecular flexibility index (Phi) is 3.49. The van der Waals surface area contributed by atoms with Crippen LogP contribution in [0.1, 0.15) is 29.8 Å². The highest BCUT2D eigenvalue weighted by atomic mass is 32.1. The third kappa shape index (κ3) is 2.68. The van der Waals surface area contributed by atoms with E-state index in [-0.39, 0.29) is 11.6 Å². The predicted molar refractivity (Wildman–Crippen MR) is 65.1 cm³/mol. The Morgan fingerprint density at radius 2 is 1.88 bits per heavy atom. The van der Waals surface area contributed by atoms with Crippen molar-refractivity contribution in [1.82, 2.24) is 4.98 Å². The van der Waals surface area contributed by atoms with Gasteiger partial charge >= 0.3 is 0 Å². The van der Waals surface area contributed by atoms with Gasteiger partial charge in [-0.05, 0) is 6.92 Å². The third-order valence-corrected chi connectivity index (χ3v) is 3.63. The van der Waals surface area contributed by atoms with E-state index in [1.165, 1.54) is 23.5 Å². The summed E-state index contributed by atoms with van der Waals surface area (Å²) in [4.78, 5) is 5.22. The predicted octanol–water partition coefficient (Wildman–Crippen LogP) is 3.77. The molecule has 0 fully saturated rings. The van der Waals surface area contributed by atoms with Crippen LogP contribution in [0, 0.1) is 0 Å². The molecule has 0 radical (unpaired) electrons. The zero-order valence-corrected chi connectivity index (χ0v) is 10.0. The molecule has 0 bridgehead atoms. The van der Waals surface area contributed by atoms with Gasteiger partial charge in [-0.2, -0.15) is 0 Å². The molecule has 0 spiro atoms. The summed E-state index contributed by atoms with van der Waals surface area (Å²) in [7, 11) is 0. The summed E-state index contributed by atoms with van der Waals surface area (Å²) in [6.45, 7) is 1.89. The van der Waals surface area contributed by atoms with E-state index in [2.05, 4.69) is 4.98 Å². The summed E-state index contributed by atoms with van der Waals surface area (Å²) in [5.41, 5.74) is 6.61. The Labute approximate surface area is 102 Å². The van der Waals surface area contributed by atoms with Crippen molar-refractivity contribution < 1.29 is 8.78 Å². The van der Waals surface area contributed by atoms with Gasteiger partial charge in [0, 0.05) is 28.2 Å². The molecule has 5 heteroatoms. The average molecular weight is 254 g/mol. The van der Waals surface area contributed by atoms with E-state index in [9.17, 15) is 8.78 Å². The maximum Gasteiger partial charge on any atom is 0.263 e. The summed E-state index contributed by atoms with van der Waals surface area (Å²) in [5, 5.41) is 0.804. The molecular weight excluding hydrogens is 242 g/mol. The molecule has 1 atom stereocenters. The Morgan fingerprint density at radius 3 is 2.35 bits per heavy atom. The second kappa shape index (κ2) is 4.89. The van der Waals surface area contributed by atoms with Crippen LogP contribution in [0.25, 0.3) is 10.6 Å². The lowest BCUT2D eigenvalue weighted by Crippen LogP contribution is -2.01. The Balaban J connectivity index is 2.27. The molecule has 0 aliphatic rings. The van der Waals surface area contributed by atoms with Crippen LogP contribution in [0.3, 0.4) is 0 Å². The van der Waals surface area contributed by atoms with E-state index in [1.807, 2.05) is 6.92 Å². The van der Waals surface area contributed by atoms with Crippen molar-refractivity contribution >= 4 is 11.3 Å². The molecule has 1 unspecified atom stereocenters. The van der Waals surface area contributed by atoms with Crippen molar-refractivity contribution in [3.63, 3.8) is 0 Å². The number of nitrogens with zero attached hydrogens (tertiary/aromatic N) is 1. The molecule has 1 aromatic heterocycles. The normalized spacial score (nSPS) is 13.0. The number of nitrogens with two attached hydrogens (primary N) is 1. The molecule has 0 aliphatic heterocycles. The second-order valence-corrected chi connectivity index (χ2v) is 4.84. The van der Waals surface area contributed by atoms with E-state index < -0.39 is 6.43 Å². The molecule has 17 heavy (non-hydrogen) atoms. The minimum Gasteiger partial charge on any atom is -0.323 e. The van der Waals surface area contributed by atoms with Gasteiger partial charge in [0.05, 0.1) is 0 Å². The average Bonchev–Trinajstić information content (AvgIpc) is 2.78. The van der Waals surface area contributed by atoms with Crippen LogP contribution < -0.4 is 5.73 Å². The highest BCUT2D eigenvalue weighted by Gasteiger charge is 2.10. The van der Waals surface area contributed by atoms with Gasteiger partial charge in [-0.3, -0.25) is 0 Å². The highest BCUT2D eigenvalue weighted by Crippen LogP contribution is 2.29. The molecule has 2 rings (SSSR count). The van der Waals surface area contributed by atoms with Gasteiger partial charge in [-0.15, -0.1) is 11.3 Å². The Hall–Kier alpha value is -1.33. The summed E-state index contributed by atoms with van der Waals surface area (Å²) in [6, 6.07) is 6.11. The molecule has 0 amide bonds. The zero-order chi connectivity index (χ0) is 12.4. The van der Waals surface area contributed by atoms with Crippen LogP contribution in [-0.4, -0.2) is 4.98 Å². The first-order valence-corrected chi connectivity index (χ1v) is 5.99. The first-order valence-electron chi connectivity index (χ1n) is 5.17. The van der Waals surface area contributed by atoms with Crippen LogP contribution in [0.4, 0.5) is 8.78 Å². The lowest BCUT2D eigenvalue weighted by Gasteiger charge is -2.01. The van der Waals surface area contributed by atoms with Gasteiger partial charge < -0.3 is 5.73 Å². The number of aromatic nitrogens is 1. The minimum absolute atomic E-state index is 0.0257. The fraction of sp³-hybridized carbons (Fsp3) is 0.250. The summed E-state index contributed by atoms with van der Waals surface area (Å²) < 4.78 is 24.8. The molecule has 90 valence electrons. The van der Waals surface area contributed by atoms with Crippen molar-refractivity contribution in [1.29, 1.82) is 0 Å². The van der Waals surface area contributed by atoms with Crippen LogP contribution in [-0.2, 0) is 0 Å². The number of alkyl halides is 2. The van der Waals surface area contributed by atoms with Crippen molar-refractivity contribution in [3.8, 4) is 10.6 Å². The summed E-state index contributed by atoms with van der Waals surface area (Å²) >= 11 is 1.48.